The van der Waals surface area contributed by atoms with Crippen LogP contribution in [0.5, 0.6) is 0 Å². The number of methoxy groups -OCH3 is 1. The van der Waals surface area contributed by atoms with Gasteiger partial charge in [-0.25, -0.2) is 4.39 Å². The maximum Gasteiger partial charge on any atom is 0.149 e. The number of alkyl halides is 1. The van der Waals surface area contributed by atoms with E-state index in [0.29, 0.717) is 13.0 Å². The van der Waals surface area contributed by atoms with Gasteiger partial charge in [-0.3, -0.25) is 0 Å². The van der Waals surface area contributed by atoms with Crippen LogP contribution in [0.2, 0.25) is 0 Å². The first kappa shape index (κ1) is 12.9. The molecule has 0 aromatic rings. The molecule has 0 aromatic heterocycles. The average molecular weight is 218 g/mol. The molecule has 1 aliphatic heterocycles. The fourth-order valence-corrected chi connectivity index (χ4v) is 2.28. The lowest BCUT2D eigenvalue weighted by Crippen LogP contribution is -2.52. The third kappa shape index (κ3) is 3.70. The molecule has 1 rings (SSSR count). The van der Waals surface area contributed by atoms with Gasteiger partial charge in [0.25, 0.3) is 0 Å². The first-order valence-electron chi connectivity index (χ1n) is 5.84. The van der Waals surface area contributed by atoms with Crippen LogP contribution in [0.25, 0.3) is 0 Å². The summed E-state index contributed by atoms with van der Waals surface area (Å²) in [6.45, 7) is 1.63. The number of piperidine rings is 1. The molecule has 0 bridgehead atoms. The lowest BCUT2D eigenvalue weighted by molar-refractivity contribution is -0.00335. The van der Waals surface area contributed by atoms with Crippen molar-refractivity contribution in [3.63, 3.8) is 0 Å². The topological polar surface area (TPSA) is 47.3 Å². The van der Waals surface area contributed by atoms with E-state index in [1.54, 1.807) is 7.11 Å². The van der Waals surface area contributed by atoms with Gasteiger partial charge in [-0.15, -0.1) is 0 Å². The maximum atomic E-state index is 14.6. The minimum Gasteiger partial charge on any atom is -0.381 e. The number of rotatable bonds is 6. The highest BCUT2D eigenvalue weighted by molar-refractivity contribution is 4.93. The molecule has 2 atom stereocenters. The van der Waals surface area contributed by atoms with Crippen LogP contribution in [0, 0.1) is 0 Å². The van der Waals surface area contributed by atoms with Gasteiger partial charge in [0.15, 0.2) is 0 Å². The summed E-state index contributed by atoms with van der Waals surface area (Å²) in [4.78, 5) is 0. The lowest BCUT2D eigenvalue weighted by atomic mass is 9.86. The molecule has 1 aliphatic rings. The van der Waals surface area contributed by atoms with Crippen molar-refractivity contribution in [1.82, 2.24) is 5.32 Å². The van der Waals surface area contributed by atoms with E-state index >= 15 is 0 Å². The van der Waals surface area contributed by atoms with Gasteiger partial charge in [-0.05, 0) is 38.8 Å². The zero-order valence-corrected chi connectivity index (χ0v) is 9.60. The Kier molecular flexibility index (Phi) is 5.50. The van der Waals surface area contributed by atoms with Gasteiger partial charge in [0.2, 0.25) is 0 Å². The van der Waals surface area contributed by atoms with Crippen molar-refractivity contribution >= 4 is 0 Å². The van der Waals surface area contributed by atoms with Crippen molar-refractivity contribution in [3.05, 3.63) is 0 Å². The largest absolute Gasteiger partial charge is 0.381 e. The summed E-state index contributed by atoms with van der Waals surface area (Å²) in [5, 5.41) is 3.26. The summed E-state index contributed by atoms with van der Waals surface area (Å²) in [5.74, 6) is 0. The molecule has 2 unspecified atom stereocenters. The number of hydrogen-bond acceptors (Lipinski definition) is 3. The van der Waals surface area contributed by atoms with E-state index in [4.69, 9.17) is 10.5 Å². The summed E-state index contributed by atoms with van der Waals surface area (Å²) in [7, 11) is 1.56. The molecule has 0 aromatic carbocycles. The van der Waals surface area contributed by atoms with E-state index < -0.39 is 5.67 Å². The molecule has 4 heteroatoms. The summed E-state index contributed by atoms with van der Waals surface area (Å²) in [5.41, 5.74) is 4.19. The fourth-order valence-electron chi connectivity index (χ4n) is 2.28. The molecule has 3 nitrogen and oxygen atoms in total. The highest BCUT2D eigenvalue weighted by Crippen LogP contribution is 2.28. The third-order valence-electron chi connectivity index (χ3n) is 3.12. The zero-order valence-electron chi connectivity index (χ0n) is 9.60. The van der Waals surface area contributed by atoms with Crippen LogP contribution in [-0.4, -0.2) is 38.5 Å². The second-order valence-electron chi connectivity index (χ2n) is 4.36. The molecule has 0 radical (unpaired) electrons. The summed E-state index contributed by atoms with van der Waals surface area (Å²) in [6.07, 6.45) is 4.38. The van der Waals surface area contributed by atoms with Gasteiger partial charge in [-0.1, -0.05) is 6.42 Å². The van der Waals surface area contributed by atoms with Crippen LogP contribution < -0.4 is 11.1 Å². The van der Waals surface area contributed by atoms with Crippen LogP contribution in [0.1, 0.15) is 32.1 Å². The highest BCUT2D eigenvalue weighted by atomic mass is 19.1. The van der Waals surface area contributed by atoms with E-state index in [1.807, 2.05) is 0 Å². The van der Waals surface area contributed by atoms with Crippen LogP contribution >= 0.6 is 0 Å². The normalized spacial score (nSPS) is 26.2. The first-order valence-corrected chi connectivity index (χ1v) is 5.84. The van der Waals surface area contributed by atoms with E-state index in [1.165, 1.54) is 0 Å². The molecular weight excluding hydrogens is 195 g/mol. The second-order valence-corrected chi connectivity index (χ2v) is 4.36. The number of ether oxygens (including phenoxy) is 1. The van der Waals surface area contributed by atoms with E-state index in [0.717, 1.165) is 32.2 Å². The van der Waals surface area contributed by atoms with E-state index in [9.17, 15) is 4.39 Å². The van der Waals surface area contributed by atoms with Gasteiger partial charge in [0, 0.05) is 13.2 Å². The smallest absolute Gasteiger partial charge is 0.149 e. The maximum absolute atomic E-state index is 14.6. The van der Waals surface area contributed by atoms with Crippen LogP contribution in [0.4, 0.5) is 4.39 Å². The van der Waals surface area contributed by atoms with Gasteiger partial charge in [0.05, 0.1) is 6.61 Å². The zero-order chi connectivity index (χ0) is 11.1. The Balaban J connectivity index is 2.52. The van der Waals surface area contributed by atoms with Gasteiger partial charge in [0.1, 0.15) is 5.67 Å². The minimum absolute atomic E-state index is 0.0576. The van der Waals surface area contributed by atoms with Crippen molar-refractivity contribution in [3.8, 4) is 0 Å². The summed E-state index contributed by atoms with van der Waals surface area (Å²) < 4.78 is 19.6. The molecule has 0 aliphatic carbocycles. The monoisotopic (exact) mass is 218 g/mol. The highest BCUT2D eigenvalue weighted by Gasteiger charge is 2.39. The average Bonchev–Trinajstić information content (AvgIpc) is 2.28. The quantitative estimate of drug-likeness (QED) is 0.704. The molecule has 90 valence electrons. The van der Waals surface area contributed by atoms with Crippen molar-refractivity contribution in [1.29, 1.82) is 0 Å². The summed E-state index contributed by atoms with van der Waals surface area (Å²) >= 11 is 0. The standard InChI is InChI=1S/C11H23FN2O/c1-15-9-11(12,6-4-7-13)10-5-2-3-8-14-10/h10,14H,2-9,13H2,1H3. The van der Waals surface area contributed by atoms with Crippen molar-refractivity contribution < 1.29 is 9.13 Å². The Hall–Kier alpha value is -0.190. The number of nitrogens with one attached hydrogen (secondary N) is 1. The van der Waals surface area contributed by atoms with Crippen LogP contribution in [0.15, 0.2) is 0 Å². The molecule has 0 saturated carbocycles. The van der Waals surface area contributed by atoms with Crippen LogP contribution in [-0.2, 0) is 4.74 Å². The van der Waals surface area contributed by atoms with Crippen molar-refractivity contribution in [2.24, 2.45) is 5.73 Å². The Bertz CT molecular complexity index is 174. The Morgan fingerprint density at radius 2 is 2.33 bits per heavy atom. The van der Waals surface area contributed by atoms with Crippen LogP contribution in [0.3, 0.4) is 0 Å². The number of nitrogens with two attached hydrogens (primary N) is 1. The first-order chi connectivity index (χ1) is 7.23. The molecule has 0 amide bonds. The van der Waals surface area contributed by atoms with E-state index in [2.05, 4.69) is 5.32 Å². The van der Waals surface area contributed by atoms with E-state index in [-0.39, 0.29) is 12.6 Å². The number of hydrogen-bond donors (Lipinski definition) is 2. The lowest BCUT2D eigenvalue weighted by Gasteiger charge is -2.36. The molecule has 3 N–H and O–H groups in total. The van der Waals surface area contributed by atoms with Crippen molar-refractivity contribution in [2.75, 3.05) is 26.8 Å². The summed E-state index contributed by atoms with van der Waals surface area (Å²) in [6, 6.07) is -0.0576. The van der Waals surface area contributed by atoms with Gasteiger partial charge < -0.3 is 15.8 Å². The predicted molar refractivity (Wildman–Crippen MR) is 59.6 cm³/mol. The molecular formula is C11H23FN2O. The Morgan fingerprint density at radius 1 is 1.53 bits per heavy atom. The minimum atomic E-state index is -1.24. The third-order valence-corrected chi connectivity index (χ3v) is 3.12. The molecule has 0 spiro atoms. The predicted octanol–water partition coefficient (Wildman–Crippen LogP) is 1.22. The SMILES string of the molecule is COCC(F)(CCCN)C1CCCCN1. The molecule has 1 fully saturated rings. The molecule has 1 heterocycles. The fraction of sp³-hybridized carbons (Fsp3) is 1.00. The van der Waals surface area contributed by atoms with Crippen molar-refractivity contribution in [2.45, 2.75) is 43.8 Å². The second kappa shape index (κ2) is 6.40. The van der Waals surface area contributed by atoms with Gasteiger partial charge >= 0.3 is 0 Å². The van der Waals surface area contributed by atoms with Gasteiger partial charge in [-0.2, -0.15) is 0 Å². The Morgan fingerprint density at radius 3 is 2.87 bits per heavy atom. The molecule has 1 saturated heterocycles. The Labute approximate surface area is 91.6 Å². The molecule has 15 heavy (non-hydrogen) atoms. The number of halogens is 1.